The number of hydrogen-bond donors (Lipinski definition) is 2. The summed E-state index contributed by atoms with van der Waals surface area (Å²) in [6.07, 6.45) is 4.14. The van der Waals surface area contributed by atoms with Crippen LogP contribution in [0.1, 0.15) is 19.3 Å². The lowest BCUT2D eigenvalue weighted by Crippen LogP contribution is -2.38. The predicted molar refractivity (Wildman–Crippen MR) is 59.5 cm³/mol. The smallest absolute Gasteiger partial charge is 0.0207 e. The molecule has 1 unspecified atom stereocenters. The molecule has 3 heteroatoms. The van der Waals surface area contributed by atoms with Crippen molar-refractivity contribution in [3.05, 3.63) is 0 Å². The topological polar surface area (TPSA) is 27.3 Å². The molecule has 82 valence electrons. The van der Waals surface area contributed by atoms with Crippen molar-refractivity contribution < 1.29 is 0 Å². The highest BCUT2D eigenvalue weighted by Gasteiger charge is 2.41. The van der Waals surface area contributed by atoms with E-state index in [2.05, 4.69) is 29.6 Å². The maximum Gasteiger partial charge on any atom is 0.0207 e. The summed E-state index contributed by atoms with van der Waals surface area (Å²) in [7, 11) is 4.27. The van der Waals surface area contributed by atoms with E-state index < -0.39 is 0 Å². The summed E-state index contributed by atoms with van der Waals surface area (Å²) in [6, 6.07) is 0.745. The molecule has 1 heterocycles. The lowest BCUT2D eigenvalue weighted by Gasteiger charge is -2.19. The summed E-state index contributed by atoms with van der Waals surface area (Å²) in [5.41, 5.74) is 0.607. The van der Waals surface area contributed by atoms with E-state index in [-0.39, 0.29) is 0 Å². The molecule has 0 bridgehead atoms. The summed E-state index contributed by atoms with van der Waals surface area (Å²) in [5, 5.41) is 7.02. The Labute approximate surface area is 87.2 Å². The Kier molecular flexibility index (Phi) is 3.10. The van der Waals surface area contributed by atoms with Crippen LogP contribution in [0.4, 0.5) is 0 Å². The molecule has 2 aliphatic rings. The highest BCUT2D eigenvalue weighted by Crippen LogP contribution is 2.44. The van der Waals surface area contributed by atoms with Crippen molar-refractivity contribution in [1.82, 2.24) is 15.5 Å². The van der Waals surface area contributed by atoms with Gasteiger partial charge in [-0.3, -0.25) is 0 Å². The standard InChI is InChI=1S/C11H23N3/c1-12-8-11(4-5-11)9-13-10-3-6-14(2)7-10/h10,12-13H,3-9H2,1-2H3. The minimum atomic E-state index is 0.607. The number of likely N-dealkylation sites (N-methyl/N-ethyl adjacent to an activating group) is 1. The van der Waals surface area contributed by atoms with Crippen molar-refractivity contribution in [3.63, 3.8) is 0 Å². The number of nitrogens with zero attached hydrogens (tertiary/aromatic N) is 1. The summed E-state index contributed by atoms with van der Waals surface area (Å²) < 4.78 is 0. The van der Waals surface area contributed by atoms with Crippen LogP contribution in [0.15, 0.2) is 0 Å². The van der Waals surface area contributed by atoms with Gasteiger partial charge in [0.2, 0.25) is 0 Å². The highest BCUT2D eigenvalue weighted by atomic mass is 15.2. The molecule has 0 aromatic carbocycles. The van der Waals surface area contributed by atoms with Gasteiger partial charge in [-0.15, -0.1) is 0 Å². The predicted octanol–water partition coefficient (Wildman–Crippen LogP) is 0.280. The van der Waals surface area contributed by atoms with E-state index in [1.165, 1.54) is 45.4 Å². The first-order valence-corrected chi connectivity index (χ1v) is 5.81. The Morgan fingerprint density at radius 1 is 1.36 bits per heavy atom. The number of likely N-dealkylation sites (tertiary alicyclic amines) is 1. The molecule has 0 aromatic heterocycles. The first-order chi connectivity index (χ1) is 6.74. The first kappa shape index (κ1) is 10.4. The largest absolute Gasteiger partial charge is 0.319 e. The molecule has 0 amide bonds. The van der Waals surface area contributed by atoms with Crippen molar-refractivity contribution in [2.24, 2.45) is 5.41 Å². The average molecular weight is 197 g/mol. The molecule has 1 aliphatic carbocycles. The van der Waals surface area contributed by atoms with Gasteiger partial charge in [-0.05, 0) is 45.3 Å². The van der Waals surface area contributed by atoms with Gasteiger partial charge in [0.05, 0.1) is 0 Å². The van der Waals surface area contributed by atoms with E-state index >= 15 is 0 Å². The summed E-state index contributed by atoms with van der Waals surface area (Å²) >= 11 is 0. The van der Waals surface area contributed by atoms with Crippen molar-refractivity contribution >= 4 is 0 Å². The minimum Gasteiger partial charge on any atom is -0.319 e. The fraction of sp³-hybridized carbons (Fsp3) is 1.00. The van der Waals surface area contributed by atoms with Crippen molar-refractivity contribution in [2.45, 2.75) is 25.3 Å². The molecular formula is C11H23N3. The molecule has 2 N–H and O–H groups in total. The van der Waals surface area contributed by atoms with Gasteiger partial charge in [0.15, 0.2) is 0 Å². The molecule has 1 saturated carbocycles. The van der Waals surface area contributed by atoms with Gasteiger partial charge in [-0.25, -0.2) is 0 Å². The zero-order valence-corrected chi connectivity index (χ0v) is 9.47. The molecule has 3 nitrogen and oxygen atoms in total. The fourth-order valence-electron chi connectivity index (χ4n) is 2.43. The normalized spacial score (nSPS) is 30.9. The molecule has 2 rings (SSSR count). The number of rotatable bonds is 5. The molecule has 1 aliphatic heterocycles. The molecule has 0 spiro atoms. The van der Waals surface area contributed by atoms with E-state index in [1.807, 2.05) is 0 Å². The minimum absolute atomic E-state index is 0.607. The Morgan fingerprint density at radius 3 is 2.64 bits per heavy atom. The fourth-order valence-corrected chi connectivity index (χ4v) is 2.43. The van der Waals surface area contributed by atoms with Gasteiger partial charge >= 0.3 is 0 Å². The van der Waals surface area contributed by atoms with Gasteiger partial charge in [0, 0.05) is 25.7 Å². The van der Waals surface area contributed by atoms with Crippen LogP contribution in [0.25, 0.3) is 0 Å². The molecular weight excluding hydrogens is 174 g/mol. The number of nitrogens with one attached hydrogen (secondary N) is 2. The van der Waals surface area contributed by atoms with Crippen molar-refractivity contribution in [3.8, 4) is 0 Å². The quantitative estimate of drug-likeness (QED) is 0.663. The second-order valence-corrected chi connectivity index (χ2v) is 5.16. The maximum absolute atomic E-state index is 3.72. The van der Waals surface area contributed by atoms with E-state index in [0.29, 0.717) is 5.41 Å². The van der Waals surface area contributed by atoms with Crippen LogP contribution in [0.3, 0.4) is 0 Å². The average Bonchev–Trinajstić information content (AvgIpc) is 2.80. The first-order valence-electron chi connectivity index (χ1n) is 5.81. The van der Waals surface area contributed by atoms with Crippen LogP contribution in [0.2, 0.25) is 0 Å². The van der Waals surface area contributed by atoms with E-state index in [4.69, 9.17) is 0 Å². The third-order valence-electron chi connectivity index (χ3n) is 3.67. The zero-order chi connectivity index (χ0) is 10.0. The van der Waals surface area contributed by atoms with Crippen LogP contribution in [-0.4, -0.2) is 51.2 Å². The molecule has 1 atom stereocenters. The Balaban J connectivity index is 1.67. The van der Waals surface area contributed by atoms with Crippen LogP contribution < -0.4 is 10.6 Å². The van der Waals surface area contributed by atoms with Gasteiger partial charge < -0.3 is 15.5 Å². The molecule has 0 aromatic rings. The van der Waals surface area contributed by atoms with E-state index in [9.17, 15) is 0 Å². The SMILES string of the molecule is CNCC1(CNC2CCN(C)C2)CC1. The number of hydrogen-bond acceptors (Lipinski definition) is 3. The lowest BCUT2D eigenvalue weighted by molar-refractivity contribution is 0.373. The Hall–Kier alpha value is -0.120. The van der Waals surface area contributed by atoms with Crippen LogP contribution in [0, 0.1) is 5.41 Å². The van der Waals surface area contributed by atoms with E-state index in [0.717, 1.165) is 6.04 Å². The van der Waals surface area contributed by atoms with Crippen LogP contribution in [0.5, 0.6) is 0 Å². The van der Waals surface area contributed by atoms with Crippen molar-refractivity contribution in [2.75, 3.05) is 40.3 Å². The van der Waals surface area contributed by atoms with Gasteiger partial charge in [0.25, 0.3) is 0 Å². The summed E-state index contributed by atoms with van der Waals surface area (Å²) in [5.74, 6) is 0. The third kappa shape index (κ3) is 2.47. The van der Waals surface area contributed by atoms with Gasteiger partial charge in [-0.2, -0.15) is 0 Å². The Bertz CT molecular complexity index is 189. The zero-order valence-electron chi connectivity index (χ0n) is 9.47. The lowest BCUT2D eigenvalue weighted by atomic mass is 10.1. The molecule has 14 heavy (non-hydrogen) atoms. The molecule has 1 saturated heterocycles. The van der Waals surface area contributed by atoms with Crippen LogP contribution >= 0.6 is 0 Å². The van der Waals surface area contributed by atoms with Crippen molar-refractivity contribution in [1.29, 1.82) is 0 Å². The highest BCUT2D eigenvalue weighted by molar-refractivity contribution is 4.97. The van der Waals surface area contributed by atoms with Gasteiger partial charge in [0.1, 0.15) is 0 Å². The third-order valence-corrected chi connectivity index (χ3v) is 3.67. The summed E-state index contributed by atoms with van der Waals surface area (Å²) in [6.45, 7) is 4.89. The van der Waals surface area contributed by atoms with Crippen LogP contribution in [-0.2, 0) is 0 Å². The van der Waals surface area contributed by atoms with Gasteiger partial charge in [-0.1, -0.05) is 0 Å². The second-order valence-electron chi connectivity index (χ2n) is 5.16. The molecule has 2 fully saturated rings. The maximum atomic E-state index is 3.72. The summed E-state index contributed by atoms with van der Waals surface area (Å²) in [4.78, 5) is 2.41. The second kappa shape index (κ2) is 4.17. The van der Waals surface area contributed by atoms with E-state index in [1.54, 1.807) is 0 Å². The monoisotopic (exact) mass is 197 g/mol. The Morgan fingerprint density at radius 2 is 2.14 bits per heavy atom. The molecule has 0 radical (unpaired) electrons.